The van der Waals surface area contributed by atoms with Crippen LogP contribution in [0.5, 0.6) is 0 Å². The van der Waals surface area contributed by atoms with Crippen molar-refractivity contribution in [3.05, 3.63) is 29.8 Å². The molecule has 1 aromatic rings. The van der Waals surface area contributed by atoms with Crippen LogP contribution in [-0.2, 0) is 0 Å². The molecule has 0 saturated carbocycles. The molecule has 0 aliphatic carbocycles. The lowest BCUT2D eigenvalue weighted by Crippen LogP contribution is -2.46. The van der Waals surface area contributed by atoms with Gasteiger partial charge in [0, 0.05) is 22.6 Å². The van der Waals surface area contributed by atoms with Gasteiger partial charge in [-0.3, -0.25) is 4.79 Å². The van der Waals surface area contributed by atoms with Gasteiger partial charge in [-0.25, -0.2) is 0 Å². The van der Waals surface area contributed by atoms with E-state index >= 15 is 0 Å². The van der Waals surface area contributed by atoms with Crippen LogP contribution in [0.2, 0.25) is 0 Å². The van der Waals surface area contributed by atoms with E-state index in [1.54, 1.807) is 0 Å². The fraction of sp³-hybridized carbons (Fsp3) is 0.500. The summed E-state index contributed by atoms with van der Waals surface area (Å²) < 4.78 is 36.6. The molecule has 118 valence electrons. The van der Waals surface area contributed by atoms with Crippen molar-refractivity contribution in [2.24, 2.45) is 0 Å². The van der Waals surface area contributed by atoms with E-state index in [4.69, 9.17) is 5.11 Å². The van der Waals surface area contributed by atoms with E-state index in [9.17, 15) is 18.0 Å². The SMILES string of the molecule is CCC(C)(CCO)NC(=O)c1ccc(SC(F)(F)F)cc1. The number of nitrogens with one attached hydrogen (secondary N) is 1. The van der Waals surface area contributed by atoms with Gasteiger partial charge >= 0.3 is 5.51 Å². The Morgan fingerprint density at radius 2 is 1.86 bits per heavy atom. The number of carbonyl (C=O) groups excluding carboxylic acids is 1. The lowest BCUT2D eigenvalue weighted by atomic mass is 9.94. The number of benzene rings is 1. The molecule has 0 aliphatic rings. The molecule has 0 spiro atoms. The number of carbonyl (C=O) groups is 1. The largest absolute Gasteiger partial charge is 0.446 e. The molecule has 1 aromatic carbocycles. The summed E-state index contributed by atoms with van der Waals surface area (Å²) in [4.78, 5) is 12.1. The monoisotopic (exact) mass is 321 g/mol. The summed E-state index contributed by atoms with van der Waals surface area (Å²) in [6.07, 6.45) is 1.05. The molecule has 1 atom stereocenters. The third-order valence-electron chi connectivity index (χ3n) is 3.21. The molecule has 3 nitrogen and oxygen atoms in total. The van der Waals surface area contributed by atoms with Crippen molar-refractivity contribution in [1.29, 1.82) is 0 Å². The van der Waals surface area contributed by atoms with Crippen LogP contribution >= 0.6 is 11.8 Å². The van der Waals surface area contributed by atoms with Gasteiger partial charge in [-0.15, -0.1) is 0 Å². The minimum atomic E-state index is -4.34. The van der Waals surface area contributed by atoms with E-state index in [-0.39, 0.29) is 29.2 Å². The zero-order valence-electron chi connectivity index (χ0n) is 11.8. The van der Waals surface area contributed by atoms with E-state index in [0.29, 0.717) is 18.4 Å². The van der Waals surface area contributed by atoms with Crippen LogP contribution < -0.4 is 5.32 Å². The van der Waals surface area contributed by atoms with E-state index < -0.39 is 11.0 Å². The number of aliphatic hydroxyl groups is 1. The second kappa shape index (κ2) is 7.17. The quantitative estimate of drug-likeness (QED) is 0.787. The van der Waals surface area contributed by atoms with Crippen LogP contribution in [0.1, 0.15) is 37.0 Å². The molecular formula is C14H18F3NO2S. The number of thioether (sulfide) groups is 1. The zero-order valence-corrected chi connectivity index (χ0v) is 12.6. The predicted molar refractivity (Wildman–Crippen MR) is 76.2 cm³/mol. The third-order valence-corrected chi connectivity index (χ3v) is 3.95. The summed E-state index contributed by atoms with van der Waals surface area (Å²) >= 11 is -0.218. The van der Waals surface area contributed by atoms with E-state index in [0.717, 1.165) is 0 Å². The minimum absolute atomic E-state index is 0.0349. The average Bonchev–Trinajstić information content (AvgIpc) is 2.37. The van der Waals surface area contributed by atoms with Crippen molar-refractivity contribution in [2.75, 3.05) is 6.61 Å². The molecule has 0 aromatic heterocycles. The van der Waals surface area contributed by atoms with Gasteiger partial charge in [0.25, 0.3) is 5.91 Å². The summed E-state index contributed by atoms with van der Waals surface area (Å²) in [5, 5.41) is 11.8. The second-order valence-corrected chi connectivity index (χ2v) is 6.05. The van der Waals surface area contributed by atoms with Gasteiger partial charge in [-0.05, 0) is 55.8 Å². The summed E-state index contributed by atoms with van der Waals surface area (Å²) in [7, 11) is 0. The van der Waals surface area contributed by atoms with Gasteiger partial charge in [0.15, 0.2) is 0 Å². The standard InChI is InChI=1S/C14H18F3NO2S/c1-3-13(2,8-9-19)18-12(20)10-4-6-11(7-5-10)21-14(15,16)17/h4-7,19H,3,8-9H2,1-2H3,(H,18,20). The first-order valence-electron chi connectivity index (χ1n) is 6.48. The lowest BCUT2D eigenvalue weighted by molar-refractivity contribution is -0.0328. The highest BCUT2D eigenvalue weighted by Crippen LogP contribution is 2.36. The maximum absolute atomic E-state index is 12.2. The fourth-order valence-electron chi connectivity index (χ4n) is 1.73. The van der Waals surface area contributed by atoms with E-state index in [1.807, 2.05) is 13.8 Å². The average molecular weight is 321 g/mol. The maximum Gasteiger partial charge on any atom is 0.446 e. The van der Waals surface area contributed by atoms with Gasteiger partial charge in [-0.1, -0.05) is 6.92 Å². The van der Waals surface area contributed by atoms with Gasteiger partial charge in [0.2, 0.25) is 0 Å². The van der Waals surface area contributed by atoms with Crippen LogP contribution in [0.25, 0.3) is 0 Å². The summed E-state index contributed by atoms with van der Waals surface area (Å²) in [6, 6.07) is 5.25. The van der Waals surface area contributed by atoms with Gasteiger partial charge in [0.05, 0.1) is 0 Å². The molecule has 7 heteroatoms. The molecule has 0 fully saturated rings. The molecule has 0 bridgehead atoms. The Kier molecular flexibility index (Phi) is 6.10. The summed E-state index contributed by atoms with van der Waals surface area (Å²) in [5.41, 5.74) is -4.59. The van der Waals surface area contributed by atoms with Crippen molar-refractivity contribution < 1.29 is 23.1 Å². The lowest BCUT2D eigenvalue weighted by Gasteiger charge is -2.29. The Morgan fingerprint density at radius 1 is 1.29 bits per heavy atom. The zero-order chi connectivity index (χ0) is 16.1. The number of hydrogen-bond acceptors (Lipinski definition) is 3. The van der Waals surface area contributed by atoms with Crippen LogP contribution in [-0.4, -0.2) is 28.7 Å². The molecule has 1 rings (SSSR count). The van der Waals surface area contributed by atoms with Crippen molar-refractivity contribution in [3.8, 4) is 0 Å². The number of aliphatic hydroxyl groups excluding tert-OH is 1. The number of alkyl halides is 3. The molecule has 0 heterocycles. The molecule has 21 heavy (non-hydrogen) atoms. The van der Waals surface area contributed by atoms with Gasteiger partial charge in [0.1, 0.15) is 0 Å². The first-order chi connectivity index (χ1) is 9.69. The Hall–Kier alpha value is -1.21. The first-order valence-corrected chi connectivity index (χ1v) is 7.30. The topological polar surface area (TPSA) is 49.3 Å². The number of halogens is 3. The fourth-order valence-corrected chi connectivity index (χ4v) is 2.27. The number of amides is 1. The Morgan fingerprint density at radius 3 is 2.29 bits per heavy atom. The van der Waals surface area contributed by atoms with Crippen LogP contribution in [0.4, 0.5) is 13.2 Å². The molecule has 0 aliphatic heterocycles. The number of rotatable bonds is 6. The van der Waals surface area contributed by atoms with Crippen molar-refractivity contribution in [1.82, 2.24) is 5.32 Å². The molecule has 0 saturated heterocycles. The maximum atomic E-state index is 12.2. The van der Waals surface area contributed by atoms with Gasteiger partial charge < -0.3 is 10.4 Å². The summed E-state index contributed by atoms with van der Waals surface area (Å²) in [5.74, 6) is -0.364. The smallest absolute Gasteiger partial charge is 0.396 e. The Bertz CT molecular complexity index is 476. The van der Waals surface area contributed by atoms with Crippen LogP contribution in [0, 0.1) is 0 Å². The molecular weight excluding hydrogens is 303 g/mol. The second-order valence-electron chi connectivity index (χ2n) is 4.91. The van der Waals surface area contributed by atoms with E-state index in [2.05, 4.69) is 5.32 Å². The molecule has 1 amide bonds. The highest BCUT2D eigenvalue weighted by Gasteiger charge is 2.29. The molecule has 0 radical (unpaired) electrons. The highest BCUT2D eigenvalue weighted by atomic mass is 32.2. The van der Waals surface area contributed by atoms with Crippen molar-refractivity contribution in [2.45, 2.75) is 42.6 Å². The molecule has 1 unspecified atom stereocenters. The highest BCUT2D eigenvalue weighted by molar-refractivity contribution is 8.00. The summed E-state index contributed by atoms with van der Waals surface area (Å²) in [6.45, 7) is 3.65. The van der Waals surface area contributed by atoms with Crippen molar-refractivity contribution >= 4 is 17.7 Å². The number of hydrogen-bond donors (Lipinski definition) is 2. The predicted octanol–water partition coefficient (Wildman–Crippen LogP) is 3.58. The van der Waals surface area contributed by atoms with Gasteiger partial charge in [-0.2, -0.15) is 13.2 Å². The van der Waals surface area contributed by atoms with Crippen LogP contribution in [0.15, 0.2) is 29.2 Å². The van der Waals surface area contributed by atoms with Crippen molar-refractivity contribution in [3.63, 3.8) is 0 Å². The normalized spacial score (nSPS) is 14.6. The Labute approximate surface area is 125 Å². The van der Waals surface area contributed by atoms with Crippen LogP contribution in [0.3, 0.4) is 0 Å². The molecule has 2 N–H and O–H groups in total. The first kappa shape index (κ1) is 17.8. The Balaban J connectivity index is 2.75. The van der Waals surface area contributed by atoms with E-state index in [1.165, 1.54) is 24.3 Å². The minimum Gasteiger partial charge on any atom is -0.396 e. The third kappa shape index (κ3) is 5.97.